The van der Waals surface area contributed by atoms with Gasteiger partial charge < -0.3 is 15.4 Å². The van der Waals surface area contributed by atoms with Crippen molar-refractivity contribution < 1.29 is 46.9 Å². The van der Waals surface area contributed by atoms with Gasteiger partial charge in [-0.1, -0.05) is 38.1 Å². The van der Waals surface area contributed by atoms with Crippen molar-refractivity contribution in [3.8, 4) is 5.75 Å². The predicted octanol–water partition coefficient (Wildman–Crippen LogP) is 1.20. The molecule has 3 rings (SSSR count). The molecule has 0 fully saturated rings. The van der Waals surface area contributed by atoms with Gasteiger partial charge in [-0.25, -0.2) is 5.48 Å². The number of fused-ring (bicyclic) bond motifs is 1. The number of hydrogen-bond donors (Lipinski definition) is 5. The second kappa shape index (κ2) is 15.6. The molecule has 1 heterocycles. The second-order valence-corrected chi connectivity index (χ2v) is 12.7. The van der Waals surface area contributed by atoms with E-state index in [1.165, 1.54) is 19.2 Å². The van der Waals surface area contributed by atoms with Gasteiger partial charge in [0.05, 0.1) is 35.3 Å². The fourth-order valence-electron chi connectivity index (χ4n) is 5.09. The Morgan fingerprint density at radius 2 is 1.51 bits per heavy atom. The molecule has 45 heavy (non-hydrogen) atoms. The predicted molar refractivity (Wildman–Crippen MR) is 161 cm³/mol. The minimum atomic E-state index is -4.09. The second-order valence-electron chi connectivity index (χ2n) is 11.1. The zero-order valence-electron chi connectivity index (χ0n) is 25.2. The fraction of sp³-hybridized carbons (Fsp3) is 0.433. The molecule has 0 aromatic heterocycles. The van der Waals surface area contributed by atoms with Crippen LogP contribution < -0.4 is 20.9 Å². The number of benzene rings is 2. The first kappa shape index (κ1) is 35.1. The summed E-state index contributed by atoms with van der Waals surface area (Å²) in [4.78, 5) is 66.5. The van der Waals surface area contributed by atoms with Crippen LogP contribution >= 0.6 is 0 Å². The Morgan fingerprint density at radius 3 is 2.02 bits per heavy atom. The molecule has 0 aliphatic carbocycles. The molecule has 0 spiro atoms. The van der Waals surface area contributed by atoms with Crippen LogP contribution in [-0.4, -0.2) is 84.6 Å². The van der Waals surface area contributed by atoms with Crippen molar-refractivity contribution in [1.82, 2.24) is 21.0 Å². The molecule has 1 aliphatic rings. The third-order valence-corrected chi connectivity index (χ3v) is 8.11. The molecule has 3 atom stereocenters. The lowest BCUT2D eigenvalue weighted by Crippen LogP contribution is -2.53. The van der Waals surface area contributed by atoms with Crippen LogP contribution in [0.15, 0.2) is 48.5 Å². The molecule has 0 saturated carbocycles. The van der Waals surface area contributed by atoms with Gasteiger partial charge in [0.25, 0.3) is 21.9 Å². The van der Waals surface area contributed by atoms with Gasteiger partial charge in [-0.05, 0) is 48.6 Å². The van der Waals surface area contributed by atoms with Crippen molar-refractivity contribution >= 4 is 39.7 Å². The lowest BCUT2D eigenvalue weighted by Gasteiger charge is -2.30. The smallest absolute Gasteiger partial charge is 0.264 e. The number of amides is 5. The van der Waals surface area contributed by atoms with Gasteiger partial charge in [-0.15, -0.1) is 0 Å². The van der Waals surface area contributed by atoms with E-state index in [1.807, 2.05) is 13.8 Å². The largest absolute Gasteiger partial charge is 0.494 e. The van der Waals surface area contributed by atoms with Crippen LogP contribution in [0, 0.1) is 17.8 Å². The lowest BCUT2D eigenvalue weighted by atomic mass is 9.83. The van der Waals surface area contributed by atoms with E-state index in [9.17, 15) is 37.6 Å². The molecule has 15 heteroatoms. The molecule has 244 valence electrons. The highest BCUT2D eigenvalue weighted by atomic mass is 32.2. The third-order valence-electron chi connectivity index (χ3n) is 7.31. The van der Waals surface area contributed by atoms with Crippen molar-refractivity contribution in [2.45, 2.75) is 39.2 Å². The maximum Gasteiger partial charge on any atom is 0.264 e. The Morgan fingerprint density at radius 1 is 0.911 bits per heavy atom. The maximum absolute atomic E-state index is 13.8. The average molecular weight is 647 g/mol. The van der Waals surface area contributed by atoms with Crippen molar-refractivity contribution in [2.75, 3.05) is 26.0 Å². The number of nitrogens with one attached hydrogen (secondary N) is 3. The Kier molecular flexibility index (Phi) is 12.2. The van der Waals surface area contributed by atoms with E-state index in [0.29, 0.717) is 11.3 Å². The SMILES string of the molecule is CNC(=O)[C@H](Cc1ccc(OCCCS(=O)(=O)O)cc1)NC(=O)[C@@H](CC(C)C)C(CN1C(=O)c2ccccc2C1=O)C(=O)NO. The molecule has 0 radical (unpaired) electrons. The molecule has 0 bridgehead atoms. The van der Waals surface area contributed by atoms with Crippen LogP contribution in [0.25, 0.3) is 0 Å². The quantitative estimate of drug-likeness (QED) is 0.0579. The maximum atomic E-state index is 13.8. The monoisotopic (exact) mass is 646 g/mol. The van der Waals surface area contributed by atoms with Gasteiger partial charge in [-0.2, -0.15) is 8.42 Å². The molecule has 0 saturated heterocycles. The van der Waals surface area contributed by atoms with Gasteiger partial charge in [0.15, 0.2) is 0 Å². The van der Waals surface area contributed by atoms with E-state index in [0.717, 1.165) is 4.90 Å². The summed E-state index contributed by atoms with van der Waals surface area (Å²) in [5.74, 6) is -5.99. The van der Waals surface area contributed by atoms with Gasteiger partial charge >= 0.3 is 0 Å². The third kappa shape index (κ3) is 9.57. The number of ether oxygens (including phenoxy) is 1. The van der Waals surface area contributed by atoms with E-state index in [2.05, 4.69) is 10.6 Å². The van der Waals surface area contributed by atoms with Crippen molar-refractivity contribution in [1.29, 1.82) is 0 Å². The number of hydrogen-bond acceptors (Lipinski definition) is 9. The number of carbonyl (C=O) groups excluding carboxylic acids is 5. The number of nitrogens with zero attached hydrogens (tertiary/aromatic N) is 1. The molecule has 5 N–H and O–H groups in total. The zero-order valence-corrected chi connectivity index (χ0v) is 26.0. The summed E-state index contributed by atoms with van der Waals surface area (Å²) < 4.78 is 36.0. The molecule has 2 aromatic carbocycles. The Hall–Kier alpha value is -4.34. The highest BCUT2D eigenvalue weighted by molar-refractivity contribution is 7.85. The summed E-state index contributed by atoms with van der Waals surface area (Å²) in [6.07, 6.45) is 0.278. The van der Waals surface area contributed by atoms with E-state index in [-0.39, 0.29) is 42.9 Å². The molecular weight excluding hydrogens is 608 g/mol. The summed E-state index contributed by atoms with van der Waals surface area (Å²) in [7, 11) is -2.68. The number of carbonyl (C=O) groups is 5. The van der Waals surface area contributed by atoms with Crippen LogP contribution in [0.1, 0.15) is 53.0 Å². The molecule has 14 nitrogen and oxygen atoms in total. The van der Waals surface area contributed by atoms with Gasteiger partial charge in [0.1, 0.15) is 11.8 Å². The zero-order chi connectivity index (χ0) is 33.3. The van der Waals surface area contributed by atoms with Crippen LogP contribution in [0.5, 0.6) is 5.75 Å². The minimum absolute atomic E-state index is 0.0522. The average Bonchev–Trinajstić information content (AvgIpc) is 3.24. The molecule has 1 aliphatic heterocycles. The first-order valence-corrected chi connectivity index (χ1v) is 15.9. The molecule has 2 aromatic rings. The molecule has 5 amide bonds. The highest BCUT2D eigenvalue weighted by Crippen LogP contribution is 2.28. The van der Waals surface area contributed by atoms with E-state index in [4.69, 9.17) is 9.29 Å². The first-order valence-electron chi connectivity index (χ1n) is 14.3. The van der Waals surface area contributed by atoms with Crippen molar-refractivity contribution in [3.05, 3.63) is 65.2 Å². The Labute approximate surface area is 261 Å². The number of hydroxylamine groups is 1. The Balaban J connectivity index is 1.78. The first-order chi connectivity index (χ1) is 21.2. The van der Waals surface area contributed by atoms with E-state index in [1.54, 1.807) is 41.9 Å². The molecule has 1 unspecified atom stereocenters. The number of imide groups is 1. The van der Waals surface area contributed by atoms with Crippen LogP contribution in [0.2, 0.25) is 0 Å². The summed E-state index contributed by atoms with van der Waals surface area (Å²) in [6.45, 7) is 3.22. The topological polar surface area (TPSA) is 209 Å². The van der Waals surface area contributed by atoms with Crippen LogP contribution in [0.4, 0.5) is 0 Å². The number of likely N-dealkylation sites (N-methyl/N-ethyl adjacent to an activating group) is 1. The molecular formula is C30H38N4O10S. The van der Waals surface area contributed by atoms with Crippen LogP contribution in [-0.2, 0) is 30.9 Å². The lowest BCUT2D eigenvalue weighted by molar-refractivity contribution is -0.142. The minimum Gasteiger partial charge on any atom is -0.494 e. The standard InChI is InChI=1S/C30H38N4O10S/c1-18(2)15-23(24(27(36)33-40)17-34-29(38)21-7-4-5-8-22(21)30(34)39)26(35)32-25(28(37)31-3)16-19-9-11-20(12-10-19)44-13-6-14-45(41,42)43/h4-5,7-12,18,23-25,40H,6,13-17H2,1-3H3,(H,31,37)(H,32,35)(H,33,36)(H,41,42,43)/t23-,24?,25-/m0/s1. The van der Waals surface area contributed by atoms with Crippen molar-refractivity contribution in [2.24, 2.45) is 17.8 Å². The Bertz CT molecular complexity index is 1480. The summed E-state index contributed by atoms with van der Waals surface area (Å²) in [6, 6.07) is 11.7. The van der Waals surface area contributed by atoms with Gasteiger partial charge in [0.2, 0.25) is 17.7 Å². The van der Waals surface area contributed by atoms with E-state index >= 15 is 0 Å². The summed E-state index contributed by atoms with van der Waals surface area (Å²) in [5.41, 5.74) is 2.54. The summed E-state index contributed by atoms with van der Waals surface area (Å²) >= 11 is 0. The summed E-state index contributed by atoms with van der Waals surface area (Å²) in [5, 5.41) is 14.8. The van der Waals surface area contributed by atoms with Crippen LogP contribution in [0.3, 0.4) is 0 Å². The van der Waals surface area contributed by atoms with Gasteiger partial charge in [0, 0.05) is 20.0 Å². The van der Waals surface area contributed by atoms with Crippen molar-refractivity contribution in [3.63, 3.8) is 0 Å². The normalized spacial score (nSPS) is 14.8. The van der Waals surface area contributed by atoms with Gasteiger partial charge in [-0.3, -0.25) is 38.6 Å². The number of rotatable bonds is 16. The highest BCUT2D eigenvalue weighted by Gasteiger charge is 2.42. The fourth-order valence-corrected chi connectivity index (χ4v) is 5.57. The van der Waals surface area contributed by atoms with E-state index < -0.39 is 69.8 Å².